The smallest absolute Gasteiger partial charge is 0.139 e. The van der Waals surface area contributed by atoms with Gasteiger partial charge in [-0.3, -0.25) is 4.90 Å². The Morgan fingerprint density at radius 3 is 2.50 bits per heavy atom. The van der Waals surface area contributed by atoms with E-state index in [1.54, 1.807) is 0 Å². The number of halogens is 1. The fourth-order valence-corrected chi connectivity index (χ4v) is 2.06. The zero-order chi connectivity index (χ0) is 8.77. The van der Waals surface area contributed by atoms with Gasteiger partial charge in [-0.15, -0.1) is 0 Å². The molecule has 0 spiro atoms. The number of hydrogen-bond acceptors (Lipinski definition) is 1. The average molecular weight is 171 g/mol. The van der Waals surface area contributed by atoms with Gasteiger partial charge in [-0.2, -0.15) is 0 Å². The molecule has 0 aromatic rings. The molecule has 70 valence electrons. The predicted octanol–water partition coefficient (Wildman–Crippen LogP) is 2.22. The highest BCUT2D eigenvalue weighted by molar-refractivity contribution is 5.06. The van der Waals surface area contributed by atoms with Crippen molar-refractivity contribution in [3.63, 3.8) is 0 Å². The zero-order valence-corrected chi connectivity index (χ0v) is 8.02. The second-order valence-electron chi connectivity index (χ2n) is 4.47. The van der Waals surface area contributed by atoms with Gasteiger partial charge in [0.15, 0.2) is 0 Å². The Morgan fingerprint density at radius 2 is 2.08 bits per heavy atom. The molecule has 1 aliphatic carbocycles. The van der Waals surface area contributed by atoms with E-state index in [0.29, 0.717) is 25.0 Å². The van der Waals surface area contributed by atoms with Gasteiger partial charge in [0.05, 0.1) is 0 Å². The molecule has 1 saturated heterocycles. The third-order valence-corrected chi connectivity index (χ3v) is 3.46. The summed E-state index contributed by atoms with van der Waals surface area (Å²) >= 11 is 0. The van der Waals surface area contributed by atoms with Crippen LogP contribution in [-0.2, 0) is 0 Å². The van der Waals surface area contributed by atoms with Crippen LogP contribution in [0.1, 0.15) is 33.1 Å². The van der Waals surface area contributed by atoms with Gasteiger partial charge in [-0.1, -0.05) is 6.92 Å². The minimum atomic E-state index is -0.788. The van der Waals surface area contributed by atoms with Crippen LogP contribution in [0.25, 0.3) is 0 Å². The summed E-state index contributed by atoms with van der Waals surface area (Å²) in [6, 6.07) is 0.577. The van der Waals surface area contributed by atoms with Crippen LogP contribution >= 0.6 is 0 Å². The van der Waals surface area contributed by atoms with Crippen LogP contribution in [0, 0.1) is 5.92 Å². The first kappa shape index (κ1) is 8.49. The van der Waals surface area contributed by atoms with Gasteiger partial charge in [0.25, 0.3) is 0 Å². The molecule has 0 aromatic heterocycles. The zero-order valence-electron chi connectivity index (χ0n) is 8.02. The predicted molar refractivity (Wildman–Crippen MR) is 47.9 cm³/mol. The Morgan fingerprint density at radius 1 is 1.50 bits per heavy atom. The maximum atomic E-state index is 13.8. The van der Waals surface area contributed by atoms with Crippen LogP contribution in [0.4, 0.5) is 4.39 Å². The normalized spacial score (nSPS) is 31.2. The van der Waals surface area contributed by atoms with Crippen molar-refractivity contribution >= 4 is 0 Å². The van der Waals surface area contributed by atoms with Gasteiger partial charge in [0, 0.05) is 19.1 Å². The second kappa shape index (κ2) is 2.69. The second-order valence-corrected chi connectivity index (χ2v) is 4.47. The van der Waals surface area contributed by atoms with Crippen molar-refractivity contribution in [2.75, 3.05) is 13.1 Å². The first-order valence-electron chi connectivity index (χ1n) is 5.08. The van der Waals surface area contributed by atoms with E-state index >= 15 is 0 Å². The van der Waals surface area contributed by atoms with E-state index in [9.17, 15) is 4.39 Å². The molecule has 1 heterocycles. The van der Waals surface area contributed by atoms with Crippen LogP contribution < -0.4 is 0 Å². The van der Waals surface area contributed by atoms with Crippen molar-refractivity contribution in [2.45, 2.75) is 44.8 Å². The van der Waals surface area contributed by atoms with Crippen molar-refractivity contribution in [3.8, 4) is 0 Å². The molecule has 1 atom stereocenters. The molecule has 2 fully saturated rings. The molecule has 0 bridgehead atoms. The Balaban J connectivity index is 1.81. The third-order valence-electron chi connectivity index (χ3n) is 3.46. The molecule has 1 saturated carbocycles. The molecular formula is C10H18FN. The number of nitrogens with zero attached hydrogens (tertiary/aromatic N) is 1. The van der Waals surface area contributed by atoms with E-state index in [2.05, 4.69) is 18.7 Å². The lowest BCUT2D eigenvalue weighted by atomic mass is 9.89. The van der Waals surface area contributed by atoms with E-state index in [-0.39, 0.29) is 0 Å². The average Bonchev–Trinajstić information content (AvgIpc) is 2.79. The highest BCUT2D eigenvalue weighted by atomic mass is 19.1. The quantitative estimate of drug-likeness (QED) is 0.629. The highest BCUT2D eigenvalue weighted by Gasteiger charge is 2.54. The standard InChI is InChI=1S/C10H18FN/c1-3-8(2)12-6-10(11,7-12)9-4-5-9/h8-9H,3-7H2,1-2H3. The summed E-state index contributed by atoms with van der Waals surface area (Å²) in [5, 5.41) is 0. The summed E-state index contributed by atoms with van der Waals surface area (Å²) in [4.78, 5) is 2.26. The summed E-state index contributed by atoms with van der Waals surface area (Å²) in [6.45, 7) is 5.76. The van der Waals surface area contributed by atoms with Crippen LogP contribution in [0.3, 0.4) is 0 Å². The fourth-order valence-electron chi connectivity index (χ4n) is 2.06. The first-order valence-corrected chi connectivity index (χ1v) is 5.08. The van der Waals surface area contributed by atoms with Crippen LogP contribution in [0.5, 0.6) is 0 Å². The van der Waals surface area contributed by atoms with E-state index in [1.807, 2.05) is 0 Å². The Kier molecular flexibility index (Phi) is 1.90. The monoisotopic (exact) mass is 171 g/mol. The Bertz CT molecular complexity index is 171. The molecule has 0 radical (unpaired) electrons. The lowest BCUT2D eigenvalue weighted by molar-refractivity contribution is -0.0685. The molecule has 2 aliphatic rings. The lowest BCUT2D eigenvalue weighted by Gasteiger charge is -2.48. The molecule has 0 aromatic carbocycles. The van der Waals surface area contributed by atoms with Gasteiger partial charge < -0.3 is 0 Å². The molecule has 12 heavy (non-hydrogen) atoms. The summed E-state index contributed by atoms with van der Waals surface area (Å²) in [6.07, 6.45) is 3.40. The van der Waals surface area contributed by atoms with Crippen LogP contribution in [-0.4, -0.2) is 29.7 Å². The number of rotatable bonds is 3. The minimum absolute atomic E-state index is 0.415. The van der Waals surface area contributed by atoms with Crippen LogP contribution in [0.2, 0.25) is 0 Å². The fraction of sp³-hybridized carbons (Fsp3) is 1.00. The molecular weight excluding hydrogens is 153 g/mol. The molecule has 0 amide bonds. The third kappa shape index (κ3) is 1.26. The maximum absolute atomic E-state index is 13.8. The van der Waals surface area contributed by atoms with Gasteiger partial charge >= 0.3 is 0 Å². The Labute approximate surface area is 73.9 Å². The van der Waals surface area contributed by atoms with E-state index in [1.165, 1.54) is 0 Å². The first-order chi connectivity index (χ1) is 5.65. The molecule has 0 N–H and O–H groups in total. The van der Waals surface area contributed by atoms with E-state index < -0.39 is 5.67 Å². The summed E-state index contributed by atoms with van der Waals surface area (Å²) in [5.41, 5.74) is -0.788. The van der Waals surface area contributed by atoms with Crippen molar-refractivity contribution in [1.29, 1.82) is 0 Å². The highest BCUT2D eigenvalue weighted by Crippen LogP contribution is 2.47. The SMILES string of the molecule is CCC(C)N1CC(F)(C2CC2)C1. The van der Waals surface area contributed by atoms with E-state index in [0.717, 1.165) is 19.3 Å². The van der Waals surface area contributed by atoms with E-state index in [4.69, 9.17) is 0 Å². The van der Waals surface area contributed by atoms with Crippen molar-refractivity contribution in [2.24, 2.45) is 5.92 Å². The Hall–Kier alpha value is -0.110. The summed E-state index contributed by atoms with van der Waals surface area (Å²) in [5.74, 6) is 0.415. The molecule has 2 rings (SSSR count). The maximum Gasteiger partial charge on any atom is 0.139 e. The van der Waals surface area contributed by atoms with Crippen LogP contribution in [0.15, 0.2) is 0 Å². The van der Waals surface area contributed by atoms with Gasteiger partial charge in [0.2, 0.25) is 0 Å². The lowest BCUT2D eigenvalue weighted by Crippen LogP contribution is -2.62. The molecule has 2 heteroatoms. The van der Waals surface area contributed by atoms with Crippen molar-refractivity contribution < 1.29 is 4.39 Å². The molecule has 1 unspecified atom stereocenters. The minimum Gasteiger partial charge on any atom is -0.294 e. The topological polar surface area (TPSA) is 3.24 Å². The molecule has 1 aliphatic heterocycles. The summed E-state index contributed by atoms with van der Waals surface area (Å²) < 4.78 is 13.8. The van der Waals surface area contributed by atoms with Crippen molar-refractivity contribution in [1.82, 2.24) is 4.90 Å². The van der Waals surface area contributed by atoms with Gasteiger partial charge in [-0.05, 0) is 32.1 Å². The van der Waals surface area contributed by atoms with Gasteiger partial charge in [0.1, 0.15) is 5.67 Å². The largest absolute Gasteiger partial charge is 0.294 e. The number of alkyl halides is 1. The molecule has 1 nitrogen and oxygen atoms in total. The van der Waals surface area contributed by atoms with Crippen molar-refractivity contribution in [3.05, 3.63) is 0 Å². The summed E-state index contributed by atoms with van der Waals surface area (Å²) in [7, 11) is 0. The number of likely N-dealkylation sites (tertiary alicyclic amines) is 1. The number of hydrogen-bond donors (Lipinski definition) is 0. The van der Waals surface area contributed by atoms with Gasteiger partial charge in [-0.25, -0.2) is 4.39 Å².